The molecule has 0 aromatic heterocycles. The largest absolute Gasteiger partial charge is 0.494 e. The molecule has 0 aliphatic heterocycles. The number of carbonyl (C=O) groups is 1. The molecule has 0 heterocycles. The lowest BCUT2D eigenvalue weighted by Gasteiger charge is -2.29. The number of likely N-dealkylation sites (N-methyl/N-ethyl adjacent to an activating group) is 1. The van der Waals surface area contributed by atoms with Crippen molar-refractivity contribution in [2.45, 2.75) is 31.5 Å². The molecule has 226 valence electrons. The molecule has 0 bridgehead atoms. The van der Waals surface area contributed by atoms with Gasteiger partial charge in [0, 0.05) is 39.6 Å². The van der Waals surface area contributed by atoms with E-state index in [0.29, 0.717) is 37.4 Å². The number of carbonyl (C=O) groups excluding carboxylic acids is 1. The second-order valence-corrected chi connectivity index (χ2v) is 11.1. The standard InChI is InChI=1S/C35H36ClF3N2O2/c1-40(2)33(42)23-26-12-9-18-30(22-26)43-21-11-20-41(24-29-17-10-19-32(34(29)36)35(37,38)39)25-31(27-13-5-3-6-14-27)28-15-7-4-8-16-28/h3-10,12-19,22,31H,11,20-21,23-25H2,1-2H3. The molecule has 0 aliphatic carbocycles. The van der Waals surface area contributed by atoms with E-state index >= 15 is 0 Å². The summed E-state index contributed by atoms with van der Waals surface area (Å²) in [6, 6.07) is 31.7. The molecule has 8 heteroatoms. The van der Waals surface area contributed by atoms with Gasteiger partial charge in [-0.1, -0.05) is 96.5 Å². The van der Waals surface area contributed by atoms with Gasteiger partial charge in [0.05, 0.1) is 23.6 Å². The first-order chi connectivity index (χ1) is 20.6. The van der Waals surface area contributed by atoms with Crippen molar-refractivity contribution in [3.63, 3.8) is 0 Å². The number of ether oxygens (including phenoxy) is 1. The van der Waals surface area contributed by atoms with E-state index in [4.69, 9.17) is 16.3 Å². The monoisotopic (exact) mass is 608 g/mol. The van der Waals surface area contributed by atoms with Gasteiger partial charge in [-0.25, -0.2) is 0 Å². The Morgan fingerprint density at radius 2 is 1.49 bits per heavy atom. The van der Waals surface area contributed by atoms with E-state index in [9.17, 15) is 18.0 Å². The molecule has 0 fully saturated rings. The van der Waals surface area contributed by atoms with E-state index in [-0.39, 0.29) is 29.8 Å². The number of amides is 1. The lowest BCUT2D eigenvalue weighted by atomic mass is 9.90. The SMILES string of the molecule is CN(C)C(=O)Cc1cccc(OCCCN(Cc2cccc(C(F)(F)F)c2Cl)CC(c2ccccc2)c2ccccc2)c1. The Morgan fingerprint density at radius 3 is 2.09 bits per heavy atom. The van der Waals surface area contributed by atoms with Crippen LogP contribution in [0.5, 0.6) is 5.75 Å². The fourth-order valence-electron chi connectivity index (χ4n) is 4.98. The van der Waals surface area contributed by atoms with Crippen molar-refractivity contribution in [3.05, 3.63) is 136 Å². The molecule has 4 nitrogen and oxygen atoms in total. The van der Waals surface area contributed by atoms with Gasteiger partial charge in [0.15, 0.2) is 0 Å². The number of nitrogens with zero attached hydrogens (tertiary/aromatic N) is 2. The lowest BCUT2D eigenvalue weighted by molar-refractivity contribution is -0.137. The first-order valence-electron chi connectivity index (χ1n) is 14.2. The quantitative estimate of drug-likeness (QED) is 0.144. The van der Waals surface area contributed by atoms with Crippen LogP contribution in [0.1, 0.15) is 40.2 Å². The number of hydrogen-bond acceptors (Lipinski definition) is 3. The molecule has 4 aromatic rings. The van der Waals surface area contributed by atoms with E-state index in [1.54, 1.807) is 25.1 Å². The third kappa shape index (κ3) is 9.34. The number of halogens is 4. The smallest absolute Gasteiger partial charge is 0.417 e. The summed E-state index contributed by atoms with van der Waals surface area (Å²) in [5.41, 5.74) is 2.70. The summed E-state index contributed by atoms with van der Waals surface area (Å²) in [7, 11) is 3.45. The van der Waals surface area contributed by atoms with Crippen molar-refractivity contribution in [3.8, 4) is 5.75 Å². The second kappa shape index (κ2) is 15.1. The minimum Gasteiger partial charge on any atom is -0.494 e. The van der Waals surface area contributed by atoms with Crippen LogP contribution < -0.4 is 4.74 Å². The zero-order chi connectivity index (χ0) is 30.8. The van der Waals surface area contributed by atoms with Crippen LogP contribution in [-0.4, -0.2) is 49.5 Å². The predicted molar refractivity (Wildman–Crippen MR) is 165 cm³/mol. The molecule has 4 aromatic carbocycles. The summed E-state index contributed by atoms with van der Waals surface area (Å²) >= 11 is 6.32. The van der Waals surface area contributed by atoms with E-state index in [1.165, 1.54) is 6.07 Å². The summed E-state index contributed by atoms with van der Waals surface area (Å²) in [5.74, 6) is 0.675. The number of hydrogen-bond donors (Lipinski definition) is 0. The Kier molecular flexibility index (Phi) is 11.3. The van der Waals surface area contributed by atoms with Crippen molar-refractivity contribution in [1.29, 1.82) is 0 Å². The zero-order valence-electron chi connectivity index (χ0n) is 24.4. The van der Waals surface area contributed by atoms with Gasteiger partial charge < -0.3 is 9.64 Å². The Morgan fingerprint density at radius 1 is 0.860 bits per heavy atom. The van der Waals surface area contributed by atoms with Crippen molar-refractivity contribution < 1.29 is 22.7 Å². The zero-order valence-corrected chi connectivity index (χ0v) is 25.1. The third-order valence-electron chi connectivity index (χ3n) is 7.26. The van der Waals surface area contributed by atoms with Gasteiger partial charge in [-0.05, 0) is 46.9 Å². The molecule has 0 atom stereocenters. The maximum absolute atomic E-state index is 13.6. The summed E-state index contributed by atoms with van der Waals surface area (Å²) in [5, 5.41) is -0.267. The molecular weight excluding hydrogens is 573 g/mol. The summed E-state index contributed by atoms with van der Waals surface area (Å²) in [6.45, 7) is 1.80. The van der Waals surface area contributed by atoms with E-state index in [0.717, 1.165) is 22.8 Å². The van der Waals surface area contributed by atoms with Gasteiger partial charge in [0.1, 0.15) is 5.75 Å². The lowest BCUT2D eigenvalue weighted by Crippen LogP contribution is -2.31. The maximum atomic E-state index is 13.6. The molecule has 0 radical (unpaired) electrons. The van der Waals surface area contributed by atoms with Crippen LogP contribution in [0.15, 0.2) is 103 Å². The third-order valence-corrected chi connectivity index (χ3v) is 7.71. The maximum Gasteiger partial charge on any atom is 0.417 e. The van der Waals surface area contributed by atoms with Crippen LogP contribution in [-0.2, 0) is 23.9 Å². The first-order valence-corrected chi connectivity index (χ1v) is 14.6. The van der Waals surface area contributed by atoms with Gasteiger partial charge in [0.2, 0.25) is 5.91 Å². The molecular formula is C35H36ClF3N2O2. The summed E-state index contributed by atoms with van der Waals surface area (Å²) in [6.07, 6.45) is -3.61. The highest BCUT2D eigenvalue weighted by molar-refractivity contribution is 6.32. The van der Waals surface area contributed by atoms with Crippen LogP contribution in [0, 0.1) is 0 Å². The molecule has 4 rings (SSSR count). The molecule has 43 heavy (non-hydrogen) atoms. The van der Waals surface area contributed by atoms with Crippen LogP contribution in [0.3, 0.4) is 0 Å². The van der Waals surface area contributed by atoms with Crippen molar-refractivity contribution in [2.24, 2.45) is 0 Å². The van der Waals surface area contributed by atoms with Crippen LogP contribution in [0.4, 0.5) is 13.2 Å². The molecule has 0 unspecified atom stereocenters. The Bertz CT molecular complexity index is 1420. The highest BCUT2D eigenvalue weighted by Gasteiger charge is 2.34. The van der Waals surface area contributed by atoms with E-state index in [1.807, 2.05) is 60.7 Å². The van der Waals surface area contributed by atoms with E-state index < -0.39 is 11.7 Å². The highest BCUT2D eigenvalue weighted by atomic mass is 35.5. The molecule has 1 amide bonds. The normalized spacial score (nSPS) is 11.6. The van der Waals surface area contributed by atoms with Crippen molar-refractivity contribution >= 4 is 17.5 Å². The van der Waals surface area contributed by atoms with Crippen molar-refractivity contribution in [2.75, 3.05) is 33.8 Å². The van der Waals surface area contributed by atoms with Gasteiger partial charge in [-0.2, -0.15) is 13.2 Å². The summed E-state index contributed by atoms with van der Waals surface area (Å²) < 4.78 is 46.9. The minimum absolute atomic E-state index is 0.00110. The van der Waals surface area contributed by atoms with Gasteiger partial charge in [-0.3, -0.25) is 9.69 Å². The number of benzene rings is 4. The van der Waals surface area contributed by atoms with Gasteiger partial charge in [-0.15, -0.1) is 0 Å². The molecule has 0 aliphatic rings. The molecule has 0 spiro atoms. The van der Waals surface area contributed by atoms with Crippen LogP contribution in [0.25, 0.3) is 0 Å². The fourth-order valence-corrected chi connectivity index (χ4v) is 5.28. The molecule has 0 saturated heterocycles. The first kappa shape index (κ1) is 32.1. The van der Waals surface area contributed by atoms with Crippen molar-refractivity contribution in [1.82, 2.24) is 9.80 Å². The van der Waals surface area contributed by atoms with Crippen LogP contribution in [0.2, 0.25) is 5.02 Å². The summed E-state index contributed by atoms with van der Waals surface area (Å²) in [4.78, 5) is 15.8. The van der Waals surface area contributed by atoms with Gasteiger partial charge in [0.25, 0.3) is 0 Å². The minimum atomic E-state index is -4.53. The Balaban J connectivity index is 1.52. The Labute approximate surface area is 256 Å². The fraction of sp³-hybridized carbons (Fsp3) is 0.286. The highest BCUT2D eigenvalue weighted by Crippen LogP contribution is 2.37. The van der Waals surface area contributed by atoms with Gasteiger partial charge >= 0.3 is 6.18 Å². The predicted octanol–water partition coefficient (Wildman–Crippen LogP) is 8.09. The average Bonchev–Trinajstić information content (AvgIpc) is 2.99. The molecule has 0 N–H and O–H groups in total. The second-order valence-electron chi connectivity index (χ2n) is 10.7. The topological polar surface area (TPSA) is 32.8 Å². The van der Waals surface area contributed by atoms with E-state index in [2.05, 4.69) is 29.2 Å². The number of alkyl halides is 3. The number of rotatable bonds is 13. The molecule has 0 saturated carbocycles. The Hall–Kier alpha value is -3.81. The van der Waals surface area contributed by atoms with Crippen LogP contribution >= 0.6 is 11.6 Å². The average molecular weight is 609 g/mol.